The second-order valence-corrected chi connectivity index (χ2v) is 7.24. The van der Waals surface area contributed by atoms with Crippen LogP contribution in [-0.2, 0) is 12.8 Å². The number of rotatable bonds is 10. The zero-order valence-electron chi connectivity index (χ0n) is 17.0. The largest absolute Gasteiger partial charge is 0.493 e. The minimum absolute atomic E-state index is 0.377. The molecule has 0 saturated carbocycles. The third kappa shape index (κ3) is 5.97. The summed E-state index contributed by atoms with van der Waals surface area (Å²) in [5.74, 6) is 0.939. The van der Waals surface area contributed by atoms with Gasteiger partial charge < -0.3 is 10.1 Å². The molecule has 0 aliphatic rings. The highest BCUT2D eigenvalue weighted by Gasteiger charge is 2.09. The highest BCUT2D eigenvalue weighted by Crippen LogP contribution is 2.20. The van der Waals surface area contributed by atoms with E-state index in [-0.39, 0.29) is 0 Å². The quantitative estimate of drug-likeness (QED) is 0.478. The van der Waals surface area contributed by atoms with Gasteiger partial charge in [-0.3, -0.25) is 0 Å². The monoisotopic (exact) mass is 373 g/mol. The highest BCUT2D eigenvalue weighted by atomic mass is 16.5. The lowest BCUT2D eigenvalue weighted by Gasteiger charge is -2.18. The van der Waals surface area contributed by atoms with Crippen molar-refractivity contribution in [2.45, 2.75) is 39.2 Å². The van der Waals surface area contributed by atoms with Crippen LogP contribution in [0.15, 0.2) is 78.9 Å². The SMILES string of the molecule is CCC(NCCc1ccccc1C)c1ccc(OCCc2ccccc2)cc1. The van der Waals surface area contributed by atoms with Gasteiger partial charge in [0, 0.05) is 12.5 Å². The summed E-state index contributed by atoms with van der Waals surface area (Å²) in [6.07, 6.45) is 3.06. The Morgan fingerprint density at radius 3 is 2.25 bits per heavy atom. The molecule has 0 saturated heterocycles. The van der Waals surface area contributed by atoms with Gasteiger partial charge in [0.1, 0.15) is 5.75 Å². The van der Waals surface area contributed by atoms with Gasteiger partial charge in [-0.2, -0.15) is 0 Å². The molecule has 3 rings (SSSR count). The molecule has 0 bridgehead atoms. The molecule has 1 atom stereocenters. The molecular weight excluding hydrogens is 342 g/mol. The molecule has 0 heterocycles. The molecule has 146 valence electrons. The molecule has 0 radical (unpaired) electrons. The average molecular weight is 374 g/mol. The van der Waals surface area contributed by atoms with Gasteiger partial charge in [0.2, 0.25) is 0 Å². The normalized spacial score (nSPS) is 11.9. The van der Waals surface area contributed by atoms with E-state index in [9.17, 15) is 0 Å². The number of hydrogen-bond acceptors (Lipinski definition) is 2. The summed E-state index contributed by atoms with van der Waals surface area (Å²) in [4.78, 5) is 0. The highest BCUT2D eigenvalue weighted by molar-refractivity contribution is 5.30. The Labute approximate surface area is 169 Å². The topological polar surface area (TPSA) is 21.3 Å². The van der Waals surface area contributed by atoms with Crippen LogP contribution in [0, 0.1) is 6.92 Å². The van der Waals surface area contributed by atoms with Crippen molar-refractivity contribution in [2.75, 3.05) is 13.2 Å². The first kappa shape index (κ1) is 20.2. The zero-order valence-corrected chi connectivity index (χ0v) is 17.0. The maximum absolute atomic E-state index is 5.91. The van der Waals surface area contributed by atoms with Crippen LogP contribution in [-0.4, -0.2) is 13.2 Å². The van der Waals surface area contributed by atoms with Crippen molar-refractivity contribution in [3.63, 3.8) is 0 Å². The lowest BCUT2D eigenvalue weighted by molar-refractivity contribution is 0.321. The lowest BCUT2D eigenvalue weighted by Crippen LogP contribution is -2.23. The maximum Gasteiger partial charge on any atom is 0.119 e. The van der Waals surface area contributed by atoms with E-state index < -0.39 is 0 Å². The molecule has 2 nitrogen and oxygen atoms in total. The van der Waals surface area contributed by atoms with E-state index in [1.165, 1.54) is 22.3 Å². The second-order valence-electron chi connectivity index (χ2n) is 7.24. The van der Waals surface area contributed by atoms with E-state index >= 15 is 0 Å². The van der Waals surface area contributed by atoms with E-state index in [4.69, 9.17) is 4.74 Å². The van der Waals surface area contributed by atoms with Crippen LogP contribution in [0.2, 0.25) is 0 Å². The molecule has 1 unspecified atom stereocenters. The first-order chi connectivity index (χ1) is 13.8. The fourth-order valence-corrected chi connectivity index (χ4v) is 3.50. The molecule has 28 heavy (non-hydrogen) atoms. The van der Waals surface area contributed by atoms with Crippen LogP contribution in [0.5, 0.6) is 5.75 Å². The summed E-state index contributed by atoms with van der Waals surface area (Å²) in [6.45, 7) is 6.10. The lowest BCUT2D eigenvalue weighted by atomic mass is 10.0. The van der Waals surface area contributed by atoms with Gasteiger partial charge in [0.15, 0.2) is 0 Å². The fraction of sp³-hybridized carbons (Fsp3) is 0.308. The van der Waals surface area contributed by atoms with E-state index in [1.807, 2.05) is 6.07 Å². The molecule has 0 fully saturated rings. The number of ether oxygens (including phenoxy) is 1. The van der Waals surface area contributed by atoms with Crippen molar-refractivity contribution in [3.8, 4) is 5.75 Å². The van der Waals surface area contributed by atoms with Crippen molar-refractivity contribution in [1.82, 2.24) is 5.32 Å². The summed E-state index contributed by atoms with van der Waals surface area (Å²) in [5, 5.41) is 3.70. The van der Waals surface area contributed by atoms with Gasteiger partial charge in [-0.1, -0.05) is 73.7 Å². The van der Waals surface area contributed by atoms with E-state index in [2.05, 4.69) is 92.0 Å². The Balaban J connectivity index is 1.47. The van der Waals surface area contributed by atoms with Crippen molar-refractivity contribution >= 4 is 0 Å². The van der Waals surface area contributed by atoms with Crippen LogP contribution in [0.1, 0.15) is 41.6 Å². The van der Waals surface area contributed by atoms with E-state index in [0.717, 1.165) is 31.6 Å². The van der Waals surface area contributed by atoms with Crippen LogP contribution in [0.4, 0.5) is 0 Å². The van der Waals surface area contributed by atoms with Gasteiger partial charge in [-0.25, -0.2) is 0 Å². The molecule has 0 spiro atoms. The number of aryl methyl sites for hydroxylation is 1. The third-order valence-corrected chi connectivity index (χ3v) is 5.24. The first-order valence-corrected chi connectivity index (χ1v) is 10.3. The smallest absolute Gasteiger partial charge is 0.119 e. The van der Waals surface area contributed by atoms with Crippen molar-refractivity contribution < 1.29 is 4.74 Å². The predicted molar refractivity (Wildman–Crippen MR) is 118 cm³/mol. The third-order valence-electron chi connectivity index (χ3n) is 5.24. The minimum atomic E-state index is 0.377. The van der Waals surface area contributed by atoms with Crippen molar-refractivity contribution in [3.05, 3.63) is 101 Å². The molecule has 0 aliphatic heterocycles. The van der Waals surface area contributed by atoms with E-state index in [0.29, 0.717) is 12.6 Å². The average Bonchev–Trinajstić information content (AvgIpc) is 2.74. The zero-order chi connectivity index (χ0) is 19.6. The Kier molecular flexibility index (Phi) is 7.69. The summed E-state index contributed by atoms with van der Waals surface area (Å²) >= 11 is 0. The molecule has 3 aromatic carbocycles. The predicted octanol–water partition coefficient (Wildman–Crippen LogP) is 5.90. The fourth-order valence-electron chi connectivity index (χ4n) is 3.50. The Bertz CT molecular complexity index is 827. The number of nitrogens with one attached hydrogen (secondary N) is 1. The molecule has 0 amide bonds. The summed E-state index contributed by atoms with van der Waals surface area (Å²) < 4.78 is 5.91. The Hall–Kier alpha value is -2.58. The minimum Gasteiger partial charge on any atom is -0.493 e. The Morgan fingerprint density at radius 2 is 1.54 bits per heavy atom. The van der Waals surface area contributed by atoms with Gasteiger partial charge in [0.25, 0.3) is 0 Å². The summed E-state index contributed by atoms with van der Waals surface area (Å²) in [5.41, 5.74) is 5.42. The van der Waals surface area contributed by atoms with Gasteiger partial charge in [-0.05, 0) is 60.7 Å². The molecular formula is C26H31NO. The molecule has 3 aromatic rings. The van der Waals surface area contributed by atoms with Crippen LogP contribution in [0.25, 0.3) is 0 Å². The van der Waals surface area contributed by atoms with Crippen LogP contribution < -0.4 is 10.1 Å². The second kappa shape index (κ2) is 10.7. The molecule has 0 aromatic heterocycles. The molecule has 2 heteroatoms. The van der Waals surface area contributed by atoms with Gasteiger partial charge in [0.05, 0.1) is 6.61 Å². The van der Waals surface area contributed by atoms with Crippen LogP contribution in [0.3, 0.4) is 0 Å². The Morgan fingerprint density at radius 1 is 0.821 bits per heavy atom. The maximum atomic E-state index is 5.91. The van der Waals surface area contributed by atoms with Crippen LogP contribution >= 0.6 is 0 Å². The van der Waals surface area contributed by atoms with Crippen molar-refractivity contribution in [2.24, 2.45) is 0 Å². The van der Waals surface area contributed by atoms with Crippen molar-refractivity contribution in [1.29, 1.82) is 0 Å². The van der Waals surface area contributed by atoms with Gasteiger partial charge >= 0.3 is 0 Å². The van der Waals surface area contributed by atoms with Gasteiger partial charge in [-0.15, -0.1) is 0 Å². The van der Waals surface area contributed by atoms with E-state index in [1.54, 1.807) is 0 Å². The first-order valence-electron chi connectivity index (χ1n) is 10.3. The number of benzene rings is 3. The molecule has 1 N–H and O–H groups in total. The summed E-state index contributed by atoms with van der Waals surface area (Å²) in [7, 11) is 0. The standard InChI is InChI=1S/C26H31NO/c1-3-26(27-19-17-23-12-8-7-9-21(23)2)24-13-15-25(16-14-24)28-20-18-22-10-5-4-6-11-22/h4-16,26-27H,3,17-20H2,1-2H3. The number of hydrogen-bond donors (Lipinski definition) is 1. The molecule has 0 aliphatic carbocycles. The summed E-state index contributed by atoms with van der Waals surface area (Å²) in [6, 6.07) is 28.0.